The molecule has 2 aromatic carbocycles. The Morgan fingerprint density at radius 1 is 0.868 bits per heavy atom. The van der Waals surface area contributed by atoms with Crippen LogP contribution in [0, 0.1) is 0 Å². The minimum atomic E-state index is -1.00. The molecule has 2 heterocycles. The number of carbonyl (C=O) groups is 5. The van der Waals surface area contributed by atoms with Crippen LogP contribution in [0.4, 0.5) is 0 Å². The van der Waals surface area contributed by atoms with Crippen molar-refractivity contribution in [3.8, 4) is 5.75 Å². The van der Waals surface area contributed by atoms with Gasteiger partial charge in [0.05, 0.1) is 17.7 Å². The van der Waals surface area contributed by atoms with Gasteiger partial charge in [-0.15, -0.1) is 0 Å². The molecule has 1 atom stereocenters. The van der Waals surface area contributed by atoms with Crippen LogP contribution < -0.4 is 10.1 Å². The molecule has 2 aliphatic heterocycles. The summed E-state index contributed by atoms with van der Waals surface area (Å²) in [6.45, 7) is 0.696. The zero-order chi connectivity index (χ0) is 26.9. The first-order valence-electron chi connectivity index (χ1n) is 13.1. The smallest absolute Gasteiger partial charge is 0.306 e. The molecule has 0 aromatic heterocycles. The maximum absolute atomic E-state index is 13.1. The number of esters is 1. The molecule has 9 heteroatoms. The molecule has 1 N–H and O–H groups in total. The number of fused-ring (bicyclic) bond motifs is 1. The maximum atomic E-state index is 13.1. The van der Waals surface area contributed by atoms with Crippen LogP contribution in [0.5, 0.6) is 5.75 Å². The normalized spacial score (nSPS) is 16.8. The number of carbonyl (C=O) groups excluding carboxylic acids is 5. The topological polar surface area (TPSA) is 119 Å². The number of piperidine rings is 1. The molecule has 1 fully saturated rings. The Bertz CT molecular complexity index is 1190. The molecular weight excluding hydrogens is 488 g/mol. The monoisotopic (exact) mass is 520 g/mol. The highest BCUT2D eigenvalue weighted by molar-refractivity contribution is 6.24. The summed E-state index contributed by atoms with van der Waals surface area (Å²) in [4.78, 5) is 62.5. The Labute approximate surface area is 221 Å². The van der Waals surface area contributed by atoms with Gasteiger partial charge in [0.1, 0.15) is 18.4 Å². The second kappa shape index (κ2) is 13.0. The van der Waals surface area contributed by atoms with E-state index in [1.54, 1.807) is 18.2 Å². The Kier molecular flexibility index (Phi) is 9.24. The third-order valence-corrected chi connectivity index (χ3v) is 6.71. The third-order valence-electron chi connectivity index (χ3n) is 6.71. The van der Waals surface area contributed by atoms with Gasteiger partial charge in [-0.3, -0.25) is 34.2 Å². The van der Waals surface area contributed by atoms with Crippen molar-refractivity contribution in [1.29, 1.82) is 0 Å². The number of unbranched alkanes of at least 4 members (excludes halogenated alkanes) is 5. The van der Waals surface area contributed by atoms with Gasteiger partial charge in [0.2, 0.25) is 11.8 Å². The number of imide groups is 2. The predicted molar refractivity (Wildman–Crippen MR) is 137 cm³/mol. The van der Waals surface area contributed by atoms with E-state index in [-0.39, 0.29) is 29.9 Å². The molecular formula is C29H32N2O7. The number of benzene rings is 2. The highest BCUT2D eigenvalue weighted by Gasteiger charge is 2.45. The van der Waals surface area contributed by atoms with E-state index in [0.29, 0.717) is 25.4 Å². The number of nitrogens with one attached hydrogen (secondary N) is 1. The van der Waals surface area contributed by atoms with Gasteiger partial charge in [0.25, 0.3) is 11.8 Å². The van der Waals surface area contributed by atoms with Gasteiger partial charge in [0.15, 0.2) is 0 Å². The predicted octanol–water partition coefficient (Wildman–Crippen LogP) is 3.94. The van der Waals surface area contributed by atoms with E-state index < -0.39 is 29.7 Å². The zero-order valence-electron chi connectivity index (χ0n) is 21.3. The number of nitrogens with zero attached hydrogens (tertiary/aromatic N) is 1. The lowest BCUT2D eigenvalue weighted by atomic mass is 10.0. The highest BCUT2D eigenvalue weighted by Crippen LogP contribution is 2.33. The Balaban J connectivity index is 1.13. The SMILES string of the molecule is O=C1CCC(N2C(=O)c3cccc(OCCCCCCCCC(=O)OCc4ccccc4)c3C2=O)C(=O)N1. The molecule has 1 saturated heterocycles. The summed E-state index contributed by atoms with van der Waals surface area (Å²) in [6.07, 6.45) is 6.05. The van der Waals surface area contributed by atoms with E-state index in [9.17, 15) is 24.0 Å². The van der Waals surface area contributed by atoms with Crippen molar-refractivity contribution in [2.45, 2.75) is 70.4 Å². The molecule has 38 heavy (non-hydrogen) atoms. The first-order valence-corrected chi connectivity index (χ1v) is 13.1. The van der Waals surface area contributed by atoms with E-state index in [1.807, 2.05) is 30.3 Å². The van der Waals surface area contributed by atoms with Crippen molar-refractivity contribution in [2.75, 3.05) is 6.61 Å². The first-order chi connectivity index (χ1) is 18.5. The summed E-state index contributed by atoms with van der Waals surface area (Å²) in [5.74, 6) is -2.02. The fourth-order valence-corrected chi connectivity index (χ4v) is 4.68. The number of hydrogen-bond donors (Lipinski definition) is 1. The maximum Gasteiger partial charge on any atom is 0.306 e. The van der Waals surface area contributed by atoms with Crippen LogP contribution in [0.15, 0.2) is 48.5 Å². The van der Waals surface area contributed by atoms with Crippen molar-refractivity contribution in [3.05, 3.63) is 65.2 Å². The van der Waals surface area contributed by atoms with E-state index in [2.05, 4.69) is 5.32 Å². The zero-order valence-corrected chi connectivity index (χ0v) is 21.3. The second-order valence-electron chi connectivity index (χ2n) is 9.49. The molecule has 2 aliphatic rings. The Morgan fingerprint density at radius 3 is 2.37 bits per heavy atom. The van der Waals surface area contributed by atoms with Crippen LogP contribution in [-0.4, -0.2) is 47.1 Å². The molecule has 200 valence electrons. The van der Waals surface area contributed by atoms with Gasteiger partial charge >= 0.3 is 5.97 Å². The molecule has 2 aromatic rings. The van der Waals surface area contributed by atoms with Gasteiger partial charge in [0, 0.05) is 12.8 Å². The van der Waals surface area contributed by atoms with Crippen LogP contribution in [0.3, 0.4) is 0 Å². The van der Waals surface area contributed by atoms with Crippen LogP contribution >= 0.6 is 0 Å². The molecule has 0 radical (unpaired) electrons. The van der Waals surface area contributed by atoms with Gasteiger partial charge in [-0.05, 0) is 37.0 Å². The minimum absolute atomic E-state index is 0.0749. The van der Waals surface area contributed by atoms with Crippen molar-refractivity contribution < 1.29 is 33.4 Å². The highest BCUT2D eigenvalue weighted by atomic mass is 16.5. The Hall–Kier alpha value is -4.01. The summed E-state index contributed by atoms with van der Waals surface area (Å²) < 4.78 is 11.1. The van der Waals surface area contributed by atoms with Gasteiger partial charge in [-0.2, -0.15) is 0 Å². The number of hydrogen-bond acceptors (Lipinski definition) is 7. The molecule has 4 rings (SSSR count). The standard InChI is InChI=1S/C29H32N2O7/c32-24-17-16-22(27(34)30-24)31-28(35)21-13-10-14-23(26(21)29(31)36)37-18-9-4-2-1-3-8-15-25(33)38-19-20-11-6-5-7-12-20/h5-7,10-14,22H,1-4,8-9,15-19H2,(H,30,32,34). The van der Waals surface area contributed by atoms with Gasteiger partial charge < -0.3 is 9.47 Å². The lowest BCUT2D eigenvalue weighted by Gasteiger charge is -2.27. The van der Waals surface area contributed by atoms with E-state index in [4.69, 9.17) is 9.47 Å². The number of rotatable bonds is 13. The van der Waals surface area contributed by atoms with Crippen LogP contribution in [-0.2, 0) is 25.7 Å². The largest absolute Gasteiger partial charge is 0.493 e. The van der Waals surface area contributed by atoms with Crippen LogP contribution in [0.25, 0.3) is 0 Å². The molecule has 1 unspecified atom stereocenters. The number of ether oxygens (including phenoxy) is 2. The van der Waals surface area contributed by atoms with Crippen LogP contribution in [0.2, 0.25) is 0 Å². The molecule has 9 nitrogen and oxygen atoms in total. The molecule has 0 saturated carbocycles. The van der Waals surface area contributed by atoms with Crippen molar-refractivity contribution in [3.63, 3.8) is 0 Å². The fraction of sp³-hybridized carbons (Fsp3) is 0.414. The lowest BCUT2D eigenvalue weighted by molar-refractivity contribution is -0.145. The van der Waals surface area contributed by atoms with E-state index in [0.717, 1.165) is 49.0 Å². The molecule has 0 spiro atoms. The summed E-state index contributed by atoms with van der Waals surface area (Å²) >= 11 is 0. The van der Waals surface area contributed by atoms with Gasteiger partial charge in [-0.25, -0.2) is 0 Å². The lowest BCUT2D eigenvalue weighted by Crippen LogP contribution is -2.54. The third kappa shape index (κ3) is 6.65. The minimum Gasteiger partial charge on any atom is -0.493 e. The summed E-state index contributed by atoms with van der Waals surface area (Å²) in [5.41, 5.74) is 1.35. The second-order valence-corrected chi connectivity index (χ2v) is 9.49. The van der Waals surface area contributed by atoms with E-state index in [1.165, 1.54) is 0 Å². The quantitative estimate of drug-likeness (QED) is 0.241. The Morgan fingerprint density at radius 2 is 1.61 bits per heavy atom. The average molecular weight is 521 g/mol. The molecule has 0 bridgehead atoms. The molecule has 4 amide bonds. The summed E-state index contributed by atoms with van der Waals surface area (Å²) in [5, 5.41) is 2.19. The number of amides is 4. The summed E-state index contributed by atoms with van der Waals surface area (Å²) in [7, 11) is 0. The van der Waals surface area contributed by atoms with Crippen LogP contribution in [0.1, 0.15) is 84.1 Å². The van der Waals surface area contributed by atoms with Crippen molar-refractivity contribution in [2.24, 2.45) is 0 Å². The fourth-order valence-electron chi connectivity index (χ4n) is 4.68. The van der Waals surface area contributed by atoms with E-state index >= 15 is 0 Å². The van der Waals surface area contributed by atoms with Gasteiger partial charge in [-0.1, -0.05) is 62.1 Å². The van der Waals surface area contributed by atoms with Crippen molar-refractivity contribution in [1.82, 2.24) is 10.2 Å². The molecule has 0 aliphatic carbocycles. The van der Waals surface area contributed by atoms with Crippen molar-refractivity contribution >= 4 is 29.6 Å². The summed E-state index contributed by atoms with van der Waals surface area (Å²) in [6, 6.07) is 13.5. The average Bonchev–Trinajstić information content (AvgIpc) is 3.17. The first kappa shape index (κ1) is 27.0.